The number of methoxy groups -OCH3 is 1. The normalized spacial score (nSPS) is 11.2. The van der Waals surface area contributed by atoms with Gasteiger partial charge in [0.1, 0.15) is 17.5 Å². The number of aromatic nitrogens is 1. The number of nitriles is 1. The number of rotatable bonds is 3. The number of sulfone groups is 1. The molecule has 0 aliphatic heterocycles. The summed E-state index contributed by atoms with van der Waals surface area (Å²) in [6.45, 7) is 0. The van der Waals surface area contributed by atoms with Crippen molar-refractivity contribution in [2.75, 3.05) is 13.4 Å². The molecule has 0 aliphatic rings. The van der Waals surface area contributed by atoms with E-state index < -0.39 is 9.84 Å². The van der Waals surface area contributed by atoms with Crippen LogP contribution in [0.4, 0.5) is 0 Å². The van der Waals surface area contributed by atoms with Crippen LogP contribution in [0.1, 0.15) is 5.69 Å². The fraction of sp³-hybridized carbons (Fsp3) is 0.111. The molecule has 0 amide bonds. The summed E-state index contributed by atoms with van der Waals surface area (Å²) >= 11 is 0. The molecule has 6 heteroatoms. The topological polar surface area (TPSA) is 80.1 Å². The first kappa shape index (κ1) is 16.0. The van der Waals surface area contributed by atoms with Crippen LogP contribution in [-0.2, 0) is 9.84 Å². The van der Waals surface area contributed by atoms with Crippen LogP contribution in [0.3, 0.4) is 0 Å². The molecule has 0 saturated carbocycles. The van der Waals surface area contributed by atoms with E-state index in [1.165, 1.54) is 7.11 Å². The molecule has 0 radical (unpaired) electrons. The van der Waals surface area contributed by atoms with Crippen LogP contribution in [0.15, 0.2) is 53.6 Å². The van der Waals surface area contributed by atoms with E-state index in [9.17, 15) is 13.7 Å². The van der Waals surface area contributed by atoms with E-state index in [1.807, 2.05) is 36.4 Å². The van der Waals surface area contributed by atoms with Gasteiger partial charge in [-0.2, -0.15) is 5.26 Å². The number of ether oxygens (including phenoxy) is 1. The minimum Gasteiger partial charge on any atom is -0.497 e. The van der Waals surface area contributed by atoms with Gasteiger partial charge in [0, 0.05) is 17.2 Å². The van der Waals surface area contributed by atoms with E-state index in [2.05, 4.69) is 4.98 Å². The molecule has 1 heterocycles. The third kappa shape index (κ3) is 2.70. The number of benzene rings is 2. The molecule has 0 spiro atoms. The van der Waals surface area contributed by atoms with Crippen LogP contribution in [0.5, 0.6) is 5.75 Å². The average molecular weight is 338 g/mol. The zero-order valence-corrected chi connectivity index (χ0v) is 14.0. The largest absolute Gasteiger partial charge is 0.497 e. The van der Waals surface area contributed by atoms with Crippen molar-refractivity contribution in [3.05, 3.63) is 54.2 Å². The minimum absolute atomic E-state index is 0.0716. The van der Waals surface area contributed by atoms with Gasteiger partial charge in [0.25, 0.3) is 0 Å². The first-order valence-corrected chi connectivity index (χ1v) is 9.02. The maximum absolute atomic E-state index is 12.1. The van der Waals surface area contributed by atoms with Gasteiger partial charge in [-0.1, -0.05) is 30.3 Å². The lowest BCUT2D eigenvalue weighted by molar-refractivity contribution is 0.415. The van der Waals surface area contributed by atoms with E-state index in [1.54, 1.807) is 18.2 Å². The average Bonchev–Trinajstić information content (AvgIpc) is 2.59. The van der Waals surface area contributed by atoms with Crippen molar-refractivity contribution < 1.29 is 13.2 Å². The summed E-state index contributed by atoms with van der Waals surface area (Å²) in [5.74, 6) is 0.578. The van der Waals surface area contributed by atoms with Crippen molar-refractivity contribution in [1.29, 1.82) is 5.26 Å². The minimum atomic E-state index is -3.58. The highest BCUT2D eigenvalue weighted by molar-refractivity contribution is 7.90. The maximum atomic E-state index is 12.1. The maximum Gasteiger partial charge on any atom is 0.193 e. The lowest BCUT2D eigenvalue weighted by Crippen LogP contribution is -2.05. The monoisotopic (exact) mass is 338 g/mol. The summed E-state index contributed by atoms with van der Waals surface area (Å²) < 4.78 is 29.5. The van der Waals surface area contributed by atoms with Crippen LogP contribution < -0.4 is 4.74 Å². The molecule has 0 fully saturated rings. The third-order valence-electron chi connectivity index (χ3n) is 3.70. The summed E-state index contributed by atoms with van der Waals surface area (Å²) in [5.41, 5.74) is 1.46. The van der Waals surface area contributed by atoms with Crippen LogP contribution in [0, 0.1) is 11.3 Å². The van der Waals surface area contributed by atoms with Crippen molar-refractivity contribution in [3.63, 3.8) is 0 Å². The van der Waals surface area contributed by atoms with Gasteiger partial charge in [-0.25, -0.2) is 13.4 Å². The zero-order valence-electron chi connectivity index (χ0n) is 13.1. The van der Waals surface area contributed by atoms with E-state index in [4.69, 9.17) is 4.74 Å². The van der Waals surface area contributed by atoms with Crippen molar-refractivity contribution >= 4 is 20.6 Å². The highest BCUT2D eigenvalue weighted by atomic mass is 32.2. The number of nitrogens with zero attached hydrogens (tertiary/aromatic N) is 2. The van der Waals surface area contributed by atoms with Gasteiger partial charge in [-0.3, -0.25) is 0 Å². The van der Waals surface area contributed by atoms with Gasteiger partial charge in [0.2, 0.25) is 0 Å². The van der Waals surface area contributed by atoms with Crippen molar-refractivity contribution in [2.45, 2.75) is 5.03 Å². The predicted molar refractivity (Wildman–Crippen MR) is 91.6 cm³/mol. The summed E-state index contributed by atoms with van der Waals surface area (Å²) in [6, 6.07) is 16.4. The number of fused-ring (bicyclic) bond motifs is 1. The molecule has 3 aromatic rings. The number of hydrogen-bond donors (Lipinski definition) is 0. The summed E-state index contributed by atoms with van der Waals surface area (Å²) in [5, 5.41) is 10.5. The second kappa shape index (κ2) is 5.95. The van der Waals surface area contributed by atoms with Gasteiger partial charge in [0.05, 0.1) is 7.11 Å². The first-order chi connectivity index (χ1) is 11.5. The molecule has 5 nitrogen and oxygen atoms in total. The molecule has 0 atom stereocenters. The summed E-state index contributed by atoms with van der Waals surface area (Å²) in [4.78, 5) is 4.13. The SMILES string of the molecule is COc1ccc2c(S(C)(=O)=O)nc(C#N)c(-c3ccccc3)c2c1. The first-order valence-electron chi connectivity index (χ1n) is 7.13. The molecule has 3 rings (SSSR count). The van der Waals surface area contributed by atoms with E-state index in [0.29, 0.717) is 22.1 Å². The van der Waals surface area contributed by atoms with Crippen LogP contribution >= 0.6 is 0 Å². The Morgan fingerprint density at radius 2 is 1.79 bits per heavy atom. The molecule has 0 N–H and O–H groups in total. The van der Waals surface area contributed by atoms with Gasteiger partial charge in [-0.05, 0) is 29.1 Å². The van der Waals surface area contributed by atoms with Crippen molar-refractivity contribution in [1.82, 2.24) is 4.98 Å². The molecular formula is C18H14N2O3S. The lowest BCUT2D eigenvalue weighted by atomic mass is 9.97. The zero-order chi connectivity index (χ0) is 17.3. The Labute approximate surface area is 140 Å². The quantitative estimate of drug-likeness (QED) is 0.733. The van der Waals surface area contributed by atoms with Gasteiger partial charge >= 0.3 is 0 Å². The van der Waals surface area contributed by atoms with E-state index in [-0.39, 0.29) is 10.7 Å². The second-order valence-electron chi connectivity index (χ2n) is 5.30. The van der Waals surface area contributed by atoms with Gasteiger partial charge in [-0.15, -0.1) is 0 Å². The molecule has 0 bridgehead atoms. The van der Waals surface area contributed by atoms with Gasteiger partial charge in [0.15, 0.2) is 14.9 Å². The molecule has 24 heavy (non-hydrogen) atoms. The fourth-order valence-electron chi connectivity index (χ4n) is 2.65. The molecule has 0 aliphatic carbocycles. The Morgan fingerprint density at radius 3 is 2.38 bits per heavy atom. The Kier molecular flexibility index (Phi) is 3.96. The van der Waals surface area contributed by atoms with E-state index >= 15 is 0 Å². The number of hydrogen-bond acceptors (Lipinski definition) is 5. The van der Waals surface area contributed by atoms with Gasteiger partial charge < -0.3 is 4.74 Å². The Balaban J connectivity index is 2.54. The van der Waals surface area contributed by atoms with Crippen LogP contribution in [0.25, 0.3) is 21.9 Å². The number of pyridine rings is 1. The predicted octanol–water partition coefficient (Wildman–Crippen LogP) is 3.19. The summed E-state index contributed by atoms with van der Waals surface area (Å²) in [6.07, 6.45) is 1.09. The highest BCUT2D eigenvalue weighted by Crippen LogP contribution is 2.36. The standard InChI is InChI=1S/C18H14N2O3S/c1-23-13-8-9-14-15(10-13)17(12-6-4-3-5-7-12)16(11-19)20-18(14)24(2,21)22/h3-10H,1-2H3. The van der Waals surface area contributed by atoms with Crippen LogP contribution in [0.2, 0.25) is 0 Å². The Morgan fingerprint density at radius 1 is 1.08 bits per heavy atom. The molecule has 0 unspecified atom stereocenters. The summed E-state index contributed by atoms with van der Waals surface area (Å²) in [7, 11) is -2.05. The smallest absolute Gasteiger partial charge is 0.193 e. The Bertz CT molecular complexity index is 1070. The molecule has 120 valence electrons. The lowest BCUT2D eigenvalue weighted by Gasteiger charge is -2.13. The highest BCUT2D eigenvalue weighted by Gasteiger charge is 2.21. The van der Waals surface area contributed by atoms with Crippen LogP contribution in [-0.4, -0.2) is 26.8 Å². The van der Waals surface area contributed by atoms with Crippen molar-refractivity contribution in [3.8, 4) is 22.9 Å². The molecule has 2 aromatic carbocycles. The second-order valence-corrected chi connectivity index (χ2v) is 7.23. The van der Waals surface area contributed by atoms with E-state index in [0.717, 1.165) is 11.8 Å². The molecule has 1 aromatic heterocycles. The Hall–Kier alpha value is -2.91. The molecule has 0 saturated heterocycles. The molecular weight excluding hydrogens is 324 g/mol. The fourth-order valence-corrected chi connectivity index (χ4v) is 3.48. The third-order valence-corrected chi connectivity index (χ3v) is 4.71. The van der Waals surface area contributed by atoms with Crippen molar-refractivity contribution in [2.24, 2.45) is 0 Å².